The lowest BCUT2D eigenvalue weighted by molar-refractivity contribution is -0.147. The Balaban J connectivity index is 1.52. The second-order valence-electron chi connectivity index (χ2n) is 8.08. The van der Waals surface area contributed by atoms with Crippen LogP contribution in [0.2, 0.25) is 0 Å². The SMILES string of the molecule is CC1(NC(=O)C2CCN(Cc3ccccc3)CC2)CCCCC1C(=O)O. The molecule has 1 aromatic rings. The van der Waals surface area contributed by atoms with Crippen LogP contribution in [0, 0.1) is 11.8 Å². The van der Waals surface area contributed by atoms with Gasteiger partial charge in [0, 0.05) is 12.5 Å². The molecule has 1 saturated carbocycles. The Bertz CT molecular complexity index is 625. The van der Waals surface area contributed by atoms with E-state index in [-0.39, 0.29) is 11.8 Å². The maximum absolute atomic E-state index is 12.8. The quantitative estimate of drug-likeness (QED) is 0.849. The van der Waals surface area contributed by atoms with Crippen molar-refractivity contribution in [2.75, 3.05) is 13.1 Å². The smallest absolute Gasteiger partial charge is 0.308 e. The minimum Gasteiger partial charge on any atom is -0.481 e. The number of nitrogens with zero attached hydrogens (tertiary/aromatic N) is 1. The highest BCUT2D eigenvalue weighted by Gasteiger charge is 2.43. The van der Waals surface area contributed by atoms with Crippen LogP contribution in [0.15, 0.2) is 30.3 Å². The highest BCUT2D eigenvalue weighted by Crippen LogP contribution is 2.34. The minimum atomic E-state index is -0.787. The zero-order valence-electron chi connectivity index (χ0n) is 15.6. The highest BCUT2D eigenvalue weighted by molar-refractivity contribution is 5.81. The third-order valence-electron chi connectivity index (χ3n) is 6.12. The molecule has 3 rings (SSSR count). The van der Waals surface area contributed by atoms with Gasteiger partial charge >= 0.3 is 5.97 Å². The normalized spacial score (nSPS) is 27.8. The van der Waals surface area contributed by atoms with E-state index in [1.807, 2.05) is 13.0 Å². The molecule has 142 valence electrons. The van der Waals surface area contributed by atoms with Crippen LogP contribution in [0.25, 0.3) is 0 Å². The summed E-state index contributed by atoms with van der Waals surface area (Å²) in [6.45, 7) is 4.65. The molecule has 1 aromatic carbocycles. The molecule has 26 heavy (non-hydrogen) atoms. The first-order chi connectivity index (χ1) is 12.5. The first-order valence-electron chi connectivity index (χ1n) is 9.79. The van der Waals surface area contributed by atoms with E-state index in [1.165, 1.54) is 5.56 Å². The van der Waals surface area contributed by atoms with E-state index in [2.05, 4.69) is 34.5 Å². The summed E-state index contributed by atoms with van der Waals surface area (Å²) in [6.07, 6.45) is 5.00. The predicted molar refractivity (Wildman–Crippen MR) is 101 cm³/mol. The molecule has 2 atom stereocenters. The topological polar surface area (TPSA) is 69.6 Å². The van der Waals surface area contributed by atoms with Crippen LogP contribution in [0.1, 0.15) is 51.0 Å². The van der Waals surface area contributed by atoms with Crippen molar-refractivity contribution < 1.29 is 14.7 Å². The number of carbonyl (C=O) groups is 2. The van der Waals surface area contributed by atoms with Gasteiger partial charge in [0.1, 0.15) is 0 Å². The molecule has 0 bridgehead atoms. The molecule has 2 fully saturated rings. The van der Waals surface area contributed by atoms with Gasteiger partial charge in [0.25, 0.3) is 0 Å². The lowest BCUT2D eigenvalue weighted by atomic mass is 9.73. The molecule has 0 radical (unpaired) electrons. The van der Waals surface area contributed by atoms with Gasteiger partial charge in [-0.3, -0.25) is 14.5 Å². The molecule has 0 spiro atoms. The van der Waals surface area contributed by atoms with Gasteiger partial charge in [-0.1, -0.05) is 43.2 Å². The van der Waals surface area contributed by atoms with E-state index in [4.69, 9.17) is 0 Å². The van der Waals surface area contributed by atoms with Crippen molar-refractivity contribution in [3.05, 3.63) is 35.9 Å². The predicted octanol–water partition coefficient (Wildman–Crippen LogP) is 3.05. The number of rotatable bonds is 5. The Morgan fingerprint density at radius 1 is 1.15 bits per heavy atom. The van der Waals surface area contributed by atoms with Crippen LogP contribution >= 0.6 is 0 Å². The third-order valence-corrected chi connectivity index (χ3v) is 6.12. The number of amides is 1. The van der Waals surface area contributed by atoms with Gasteiger partial charge in [-0.25, -0.2) is 0 Å². The monoisotopic (exact) mass is 358 g/mol. The van der Waals surface area contributed by atoms with Crippen LogP contribution in [-0.4, -0.2) is 40.5 Å². The fourth-order valence-corrected chi connectivity index (χ4v) is 4.46. The standard InChI is InChI=1S/C21H30N2O3/c1-21(12-6-5-9-18(21)20(25)26)22-19(24)17-10-13-23(14-11-17)15-16-7-3-2-4-8-16/h2-4,7-8,17-18H,5-6,9-15H2,1H3,(H,22,24)(H,25,26). The number of nitrogens with one attached hydrogen (secondary N) is 1. The van der Waals surface area contributed by atoms with E-state index in [1.54, 1.807) is 0 Å². The summed E-state index contributed by atoms with van der Waals surface area (Å²) in [4.78, 5) is 26.8. The number of hydrogen-bond donors (Lipinski definition) is 2. The van der Waals surface area contributed by atoms with E-state index in [0.717, 1.165) is 51.7 Å². The fraction of sp³-hybridized carbons (Fsp3) is 0.619. The van der Waals surface area contributed by atoms with Crippen LogP contribution < -0.4 is 5.32 Å². The summed E-state index contributed by atoms with van der Waals surface area (Å²) >= 11 is 0. The van der Waals surface area contributed by atoms with Crippen LogP contribution in [0.5, 0.6) is 0 Å². The number of hydrogen-bond acceptors (Lipinski definition) is 3. The Labute approximate surface area is 155 Å². The molecule has 1 amide bonds. The molecular weight excluding hydrogens is 328 g/mol. The van der Waals surface area contributed by atoms with Gasteiger partial charge in [-0.2, -0.15) is 0 Å². The molecule has 1 aliphatic heterocycles. The second-order valence-corrected chi connectivity index (χ2v) is 8.08. The Morgan fingerprint density at radius 2 is 1.85 bits per heavy atom. The molecular formula is C21H30N2O3. The summed E-state index contributed by atoms with van der Waals surface area (Å²) in [6, 6.07) is 10.4. The van der Waals surface area contributed by atoms with Crippen molar-refractivity contribution in [3.63, 3.8) is 0 Å². The Hall–Kier alpha value is -1.88. The highest BCUT2D eigenvalue weighted by atomic mass is 16.4. The van der Waals surface area contributed by atoms with Gasteiger partial charge in [-0.15, -0.1) is 0 Å². The molecule has 5 heteroatoms. The third kappa shape index (κ3) is 4.44. The van der Waals surface area contributed by atoms with Crippen LogP contribution in [-0.2, 0) is 16.1 Å². The average Bonchev–Trinajstić information content (AvgIpc) is 2.63. The van der Waals surface area contributed by atoms with E-state index in [9.17, 15) is 14.7 Å². The van der Waals surface area contributed by atoms with Crippen LogP contribution in [0.4, 0.5) is 0 Å². The maximum atomic E-state index is 12.8. The van der Waals surface area contributed by atoms with Gasteiger partial charge in [-0.05, 0) is 51.3 Å². The Kier molecular flexibility index (Phi) is 5.97. The lowest BCUT2D eigenvalue weighted by Crippen LogP contribution is -2.57. The van der Waals surface area contributed by atoms with Crippen molar-refractivity contribution in [1.29, 1.82) is 0 Å². The molecule has 5 nitrogen and oxygen atoms in total. The maximum Gasteiger partial charge on any atom is 0.308 e. The molecule has 2 aliphatic rings. The summed E-state index contributed by atoms with van der Waals surface area (Å²) in [5, 5.41) is 12.6. The molecule has 1 saturated heterocycles. The summed E-state index contributed by atoms with van der Waals surface area (Å²) in [7, 11) is 0. The molecule has 1 heterocycles. The Morgan fingerprint density at radius 3 is 2.50 bits per heavy atom. The number of carbonyl (C=O) groups excluding carboxylic acids is 1. The van der Waals surface area contributed by atoms with Crippen molar-refractivity contribution in [2.45, 2.75) is 57.5 Å². The van der Waals surface area contributed by atoms with E-state index < -0.39 is 17.4 Å². The van der Waals surface area contributed by atoms with Gasteiger partial charge in [0.15, 0.2) is 0 Å². The number of piperidine rings is 1. The van der Waals surface area contributed by atoms with Crippen molar-refractivity contribution in [2.24, 2.45) is 11.8 Å². The molecule has 2 N–H and O–H groups in total. The zero-order chi connectivity index (χ0) is 18.6. The fourth-order valence-electron chi connectivity index (χ4n) is 4.46. The lowest BCUT2D eigenvalue weighted by Gasteiger charge is -2.41. The van der Waals surface area contributed by atoms with Gasteiger partial charge in [0.05, 0.1) is 11.5 Å². The minimum absolute atomic E-state index is 0.00443. The molecule has 0 aromatic heterocycles. The first kappa shape index (κ1) is 18.9. The van der Waals surface area contributed by atoms with Crippen molar-refractivity contribution in [1.82, 2.24) is 10.2 Å². The summed E-state index contributed by atoms with van der Waals surface area (Å²) in [5.41, 5.74) is 0.692. The summed E-state index contributed by atoms with van der Waals surface area (Å²) in [5.74, 6) is -1.22. The van der Waals surface area contributed by atoms with Crippen molar-refractivity contribution >= 4 is 11.9 Å². The van der Waals surface area contributed by atoms with E-state index in [0.29, 0.717) is 6.42 Å². The van der Waals surface area contributed by atoms with Crippen molar-refractivity contribution in [3.8, 4) is 0 Å². The number of carboxylic acids is 1. The first-order valence-corrected chi connectivity index (χ1v) is 9.79. The van der Waals surface area contributed by atoms with Gasteiger partial charge < -0.3 is 10.4 Å². The molecule has 2 unspecified atom stereocenters. The largest absolute Gasteiger partial charge is 0.481 e. The summed E-state index contributed by atoms with van der Waals surface area (Å²) < 4.78 is 0. The van der Waals surface area contributed by atoms with Gasteiger partial charge in [0.2, 0.25) is 5.91 Å². The van der Waals surface area contributed by atoms with Crippen LogP contribution in [0.3, 0.4) is 0 Å². The number of benzene rings is 1. The van der Waals surface area contributed by atoms with E-state index >= 15 is 0 Å². The average molecular weight is 358 g/mol. The second kappa shape index (κ2) is 8.21. The molecule has 1 aliphatic carbocycles. The number of aliphatic carboxylic acids is 1. The number of likely N-dealkylation sites (tertiary alicyclic amines) is 1. The zero-order valence-corrected chi connectivity index (χ0v) is 15.6. The number of carboxylic acid groups (broad SMARTS) is 1.